The highest BCUT2D eigenvalue weighted by Crippen LogP contribution is 2.18. The van der Waals surface area contributed by atoms with Gasteiger partial charge in [0.25, 0.3) is 5.56 Å². The lowest BCUT2D eigenvalue weighted by atomic mass is 10.0. The minimum atomic E-state index is -0.268. The van der Waals surface area contributed by atoms with Gasteiger partial charge in [0, 0.05) is 24.0 Å². The molecule has 0 atom stereocenters. The zero-order valence-electron chi connectivity index (χ0n) is 18.8. The van der Waals surface area contributed by atoms with E-state index >= 15 is 0 Å². The van der Waals surface area contributed by atoms with E-state index in [1.54, 1.807) is 6.92 Å². The van der Waals surface area contributed by atoms with Gasteiger partial charge in [-0.3, -0.25) is 14.2 Å². The number of nitrogens with zero attached hydrogens (tertiary/aromatic N) is 2. The summed E-state index contributed by atoms with van der Waals surface area (Å²) in [5.74, 6) is 0.572. The van der Waals surface area contributed by atoms with Crippen molar-refractivity contribution >= 4 is 17.5 Å². The number of aryl methyl sites for hydroxylation is 3. The van der Waals surface area contributed by atoms with Crippen LogP contribution in [-0.2, 0) is 17.9 Å². The summed E-state index contributed by atoms with van der Waals surface area (Å²) in [7, 11) is 0. The van der Waals surface area contributed by atoms with E-state index in [2.05, 4.69) is 47.7 Å². The van der Waals surface area contributed by atoms with E-state index < -0.39 is 0 Å². The normalized spacial score (nSPS) is 10.9. The van der Waals surface area contributed by atoms with Crippen LogP contribution in [0.25, 0.3) is 0 Å². The van der Waals surface area contributed by atoms with Gasteiger partial charge in [-0.1, -0.05) is 44.2 Å². The number of benzene rings is 2. The molecule has 2 aromatic carbocycles. The summed E-state index contributed by atoms with van der Waals surface area (Å²) < 4.78 is 1.36. The van der Waals surface area contributed by atoms with Gasteiger partial charge in [0.2, 0.25) is 11.9 Å². The van der Waals surface area contributed by atoms with Crippen LogP contribution in [0.3, 0.4) is 0 Å². The lowest BCUT2D eigenvalue weighted by molar-refractivity contribution is -0.121. The van der Waals surface area contributed by atoms with Crippen molar-refractivity contribution in [3.05, 3.63) is 86.8 Å². The monoisotopic (exact) mass is 418 g/mol. The Kier molecular flexibility index (Phi) is 6.90. The number of anilines is 2. The molecule has 0 fully saturated rings. The third-order valence-corrected chi connectivity index (χ3v) is 5.05. The summed E-state index contributed by atoms with van der Waals surface area (Å²) in [6.07, 6.45) is 0. The third-order valence-electron chi connectivity index (χ3n) is 5.05. The van der Waals surface area contributed by atoms with Crippen LogP contribution >= 0.6 is 0 Å². The Morgan fingerprint density at radius 3 is 2.26 bits per heavy atom. The summed E-state index contributed by atoms with van der Waals surface area (Å²) >= 11 is 0. The first-order valence-electron chi connectivity index (χ1n) is 10.5. The molecule has 1 heterocycles. The molecule has 31 heavy (non-hydrogen) atoms. The fourth-order valence-electron chi connectivity index (χ4n) is 3.47. The van der Waals surface area contributed by atoms with Gasteiger partial charge >= 0.3 is 0 Å². The Morgan fingerprint density at radius 1 is 1.00 bits per heavy atom. The molecular weight excluding hydrogens is 388 g/mol. The molecule has 3 rings (SSSR count). The van der Waals surface area contributed by atoms with E-state index in [4.69, 9.17) is 0 Å². The average Bonchev–Trinajstić information content (AvgIpc) is 2.68. The zero-order valence-corrected chi connectivity index (χ0v) is 18.8. The van der Waals surface area contributed by atoms with Crippen molar-refractivity contribution in [2.24, 2.45) is 0 Å². The average molecular weight is 419 g/mol. The molecule has 1 aromatic heterocycles. The maximum atomic E-state index is 12.6. The summed E-state index contributed by atoms with van der Waals surface area (Å²) in [5.41, 5.74) is 5.63. The molecule has 0 aliphatic rings. The predicted molar refractivity (Wildman–Crippen MR) is 125 cm³/mol. The first kappa shape index (κ1) is 22.3. The highest BCUT2D eigenvalue weighted by Gasteiger charge is 2.12. The molecule has 2 N–H and O–H groups in total. The van der Waals surface area contributed by atoms with Gasteiger partial charge in [0.15, 0.2) is 0 Å². The first-order valence-corrected chi connectivity index (χ1v) is 10.5. The minimum Gasteiger partial charge on any atom is -0.350 e. The smallest absolute Gasteiger partial charge is 0.255 e. The van der Waals surface area contributed by atoms with Crippen molar-refractivity contribution in [3.63, 3.8) is 0 Å². The number of carbonyl (C=O) groups excluding carboxylic acids is 1. The second kappa shape index (κ2) is 9.60. The molecule has 0 bridgehead atoms. The van der Waals surface area contributed by atoms with E-state index in [0.717, 1.165) is 22.4 Å². The van der Waals surface area contributed by atoms with Crippen LogP contribution in [0.15, 0.2) is 53.3 Å². The number of carbonyl (C=O) groups is 1. The zero-order chi connectivity index (χ0) is 22.5. The van der Waals surface area contributed by atoms with Crippen molar-refractivity contribution in [3.8, 4) is 0 Å². The molecule has 0 spiro atoms. The number of amides is 1. The summed E-state index contributed by atoms with van der Waals surface area (Å²) in [6.45, 7) is 10.4. The van der Waals surface area contributed by atoms with Gasteiger partial charge in [-0.15, -0.1) is 0 Å². The van der Waals surface area contributed by atoms with Crippen molar-refractivity contribution in [1.82, 2.24) is 14.9 Å². The van der Waals surface area contributed by atoms with E-state index in [0.29, 0.717) is 24.1 Å². The molecule has 0 radical (unpaired) electrons. The number of hydrogen-bond donors (Lipinski definition) is 2. The molecule has 6 nitrogen and oxygen atoms in total. The van der Waals surface area contributed by atoms with Gasteiger partial charge in [-0.2, -0.15) is 0 Å². The molecule has 162 valence electrons. The molecule has 0 aliphatic carbocycles. The Balaban J connectivity index is 1.74. The topological polar surface area (TPSA) is 76.0 Å². The molecule has 3 aromatic rings. The maximum absolute atomic E-state index is 12.6. The fraction of sp³-hybridized carbons (Fsp3) is 0.320. The van der Waals surface area contributed by atoms with Crippen LogP contribution in [0.5, 0.6) is 0 Å². The summed E-state index contributed by atoms with van der Waals surface area (Å²) in [5, 5.41) is 6.10. The quantitative estimate of drug-likeness (QED) is 0.598. The van der Waals surface area contributed by atoms with Crippen LogP contribution < -0.4 is 16.2 Å². The van der Waals surface area contributed by atoms with Crippen LogP contribution in [0.1, 0.15) is 47.7 Å². The highest BCUT2D eigenvalue weighted by molar-refractivity contribution is 5.76. The third kappa shape index (κ3) is 6.04. The second-order valence-corrected chi connectivity index (χ2v) is 8.32. The Morgan fingerprint density at radius 2 is 1.65 bits per heavy atom. The van der Waals surface area contributed by atoms with Gasteiger partial charge in [-0.05, 0) is 61.1 Å². The first-order chi connectivity index (χ1) is 14.7. The minimum absolute atomic E-state index is 0.108. The van der Waals surface area contributed by atoms with Crippen molar-refractivity contribution in [2.75, 3.05) is 5.32 Å². The maximum Gasteiger partial charge on any atom is 0.255 e. The molecule has 6 heteroatoms. The molecule has 0 saturated heterocycles. The second-order valence-electron chi connectivity index (χ2n) is 8.32. The van der Waals surface area contributed by atoms with Gasteiger partial charge in [0.05, 0.1) is 0 Å². The number of nitrogens with one attached hydrogen (secondary N) is 2. The summed E-state index contributed by atoms with van der Waals surface area (Å²) in [6, 6.07) is 15.6. The van der Waals surface area contributed by atoms with Crippen molar-refractivity contribution in [1.29, 1.82) is 0 Å². The van der Waals surface area contributed by atoms with Crippen molar-refractivity contribution < 1.29 is 4.79 Å². The Hall–Kier alpha value is -3.41. The Labute approximate surface area is 183 Å². The van der Waals surface area contributed by atoms with Gasteiger partial charge in [0.1, 0.15) is 6.54 Å². The van der Waals surface area contributed by atoms with Gasteiger partial charge in [-0.25, -0.2) is 4.98 Å². The molecule has 0 saturated carbocycles. The van der Waals surface area contributed by atoms with E-state index in [9.17, 15) is 9.59 Å². The SMILES string of the molecule is Cc1cc(C)cc(Nc2nc(C)cc(=O)n2CC(=O)NCc2ccc(C(C)C)cc2)c1. The molecule has 0 unspecified atom stereocenters. The van der Waals surface area contributed by atoms with Crippen molar-refractivity contribution in [2.45, 2.75) is 53.6 Å². The highest BCUT2D eigenvalue weighted by atomic mass is 16.2. The van der Waals surface area contributed by atoms with Gasteiger partial charge < -0.3 is 10.6 Å². The summed E-state index contributed by atoms with van der Waals surface area (Å²) in [4.78, 5) is 29.6. The molecule has 0 aliphatic heterocycles. The number of aromatic nitrogens is 2. The van der Waals surface area contributed by atoms with E-state index in [1.165, 1.54) is 16.2 Å². The standard InChI is InChI=1S/C25H30N4O2/c1-16(2)21-8-6-20(7-9-21)14-26-23(30)15-29-24(31)13-19(5)27-25(29)28-22-11-17(3)10-18(4)12-22/h6-13,16H,14-15H2,1-5H3,(H,26,30)(H,27,28). The predicted octanol–water partition coefficient (Wildman–Crippen LogP) is 4.35. The lowest BCUT2D eigenvalue weighted by Gasteiger charge is -2.15. The number of hydrogen-bond acceptors (Lipinski definition) is 4. The largest absolute Gasteiger partial charge is 0.350 e. The molecule has 1 amide bonds. The van der Waals surface area contributed by atoms with Crippen LogP contribution in [0.4, 0.5) is 11.6 Å². The molecular formula is C25H30N4O2. The lowest BCUT2D eigenvalue weighted by Crippen LogP contribution is -2.33. The fourth-order valence-corrected chi connectivity index (χ4v) is 3.47. The van der Waals surface area contributed by atoms with Crippen LogP contribution in [0.2, 0.25) is 0 Å². The van der Waals surface area contributed by atoms with Crippen LogP contribution in [0, 0.1) is 20.8 Å². The van der Waals surface area contributed by atoms with Crippen LogP contribution in [-0.4, -0.2) is 15.5 Å². The van der Waals surface area contributed by atoms with E-state index in [-0.39, 0.29) is 18.0 Å². The Bertz CT molecular complexity index is 1110. The number of rotatable bonds is 7. The van der Waals surface area contributed by atoms with E-state index in [1.807, 2.05) is 38.1 Å².